The summed E-state index contributed by atoms with van der Waals surface area (Å²) < 4.78 is 11.1. The first-order chi connectivity index (χ1) is 8.63. The van der Waals surface area contributed by atoms with Crippen molar-refractivity contribution >= 4 is 0 Å². The lowest BCUT2D eigenvalue weighted by atomic mass is 9.94. The second kappa shape index (κ2) is 5.72. The fraction of sp³-hybridized carbons (Fsp3) is 0.600. The van der Waals surface area contributed by atoms with E-state index in [1.54, 1.807) is 0 Å². The quantitative estimate of drug-likeness (QED) is 0.873. The summed E-state index contributed by atoms with van der Waals surface area (Å²) in [5, 5.41) is 10.4. The summed E-state index contributed by atoms with van der Waals surface area (Å²) in [6.07, 6.45) is 0.197. The zero-order valence-corrected chi connectivity index (χ0v) is 11.3. The normalized spacial score (nSPS) is 17.4. The lowest BCUT2D eigenvalue weighted by molar-refractivity contribution is -0.0585. The maximum atomic E-state index is 10.4. The highest BCUT2D eigenvalue weighted by Crippen LogP contribution is 2.31. The standard InChI is InChI=1S/C15H22O3/c1-4-17-15(10(2)3)14(16)12-5-6-13-11(9-12)7-8-18-13/h5-6,9-10,14-16H,4,7-8H2,1-3H3. The van der Waals surface area contributed by atoms with Crippen LogP contribution in [-0.4, -0.2) is 24.4 Å². The van der Waals surface area contributed by atoms with Crippen LogP contribution in [0.1, 0.15) is 38.0 Å². The third-order valence-corrected chi connectivity index (χ3v) is 3.38. The van der Waals surface area contributed by atoms with Gasteiger partial charge < -0.3 is 14.6 Å². The molecule has 3 nitrogen and oxygen atoms in total. The van der Waals surface area contributed by atoms with E-state index in [9.17, 15) is 5.11 Å². The first kappa shape index (κ1) is 13.4. The lowest BCUT2D eigenvalue weighted by Gasteiger charge is -2.26. The number of aliphatic hydroxyl groups is 1. The van der Waals surface area contributed by atoms with Crippen LogP contribution in [0.3, 0.4) is 0 Å². The number of benzene rings is 1. The maximum absolute atomic E-state index is 10.4. The monoisotopic (exact) mass is 250 g/mol. The van der Waals surface area contributed by atoms with Gasteiger partial charge in [-0.25, -0.2) is 0 Å². The molecule has 100 valence electrons. The van der Waals surface area contributed by atoms with Gasteiger partial charge in [-0.05, 0) is 36.1 Å². The Bertz CT molecular complexity index is 401. The minimum Gasteiger partial charge on any atom is -0.493 e. The van der Waals surface area contributed by atoms with Gasteiger partial charge >= 0.3 is 0 Å². The Balaban J connectivity index is 2.19. The van der Waals surface area contributed by atoms with Crippen molar-refractivity contribution in [2.75, 3.05) is 13.2 Å². The highest BCUT2D eigenvalue weighted by atomic mass is 16.5. The summed E-state index contributed by atoms with van der Waals surface area (Å²) in [5.74, 6) is 1.23. The van der Waals surface area contributed by atoms with Gasteiger partial charge in [0, 0.05) is 13.0 Å². The zero-order valence-electron chi connectivity index (χ0n) is 11.3. The van der Waals surface area contributed by atoms with Gasteiger partial charge in [0.25, 0.3) is 0 Å². The van der Waals surface area contributed by atoms with E-state index in [2.05, 4.69) is 13.8 Å². The Hall–Kier alpha value is -1.06. The lowest BCUT2D eigenvalue weighted by Crippen LogP contribution is -2.27. The smallest absolute Gasteiger partial charge is 0.122 e. The van der Waals surface area contributed by atoms with Crippen molar-refractivity contribution in [2.24, 2.45) is 5.92 Å². The fourth-order valence-corrected chi connectivity index (χ4v) is 2.42. The third kappa shape index (κ3) is 2.68. The van der Waals surface area contributed by atoms with E-state index in [1.165, 1.54) is 5.56 Å². The molecule has 18 heavy (non-hydrogen) atoms. The van der Waals surface area contributed by atoms with Gasteiger partial charge in [-0.3, -0.25) is 0 Å². The van der Waals surface area contributed by atoms with E-state index in [0.717, 1.165) is 24.3 Å². The van der Waals surface area contributed by atoms with Gasteiger partial charge in [0.15, 0.2) is 0 Å². The second-order valence-corrected chi connectivity index (χ2v) is 5.07. The molecule has 0 saturated carbocycles. The summed E-state index contributed by atoms with van der Waals surface area (Å²) >= 11 is 0. The first-order valence-electron chi connectivity index (χ1n) is 6.68. The fourth-order valence-electron chi connectivity index (χ4n) is 2.42. The van der Waals surface area contributed by atoms with Gasteiger partial charge in [0.1, 0.15) is 11.9 Å². The van der Waals surface area contributed by atoms with E-state index in [4.69, 9.17) is 9.47 Å². The molecule has 0 fully saturated rings. The number of rotatable bonds is 5. The number of hydrogen-bond acceptors (Lipinski definition) is 3. The van der Waals surface area contributed by atoms with Crippen molar-refractivity contribution < 1.29 is 14.6 Å². The highest BCUT2D eigenvalue weighted by Gasteiger charge is 2.25. The van der Waals surface area contributed by atoms with Crippen LogP contribution < -0.4 is 4.74 Å². The van der Waals surface area contributed by atoms with Crippen LogP contribution in [0, 0.1) is 5.92 Å². The predicted molar refractivity (Wildman–Crippen MR) is 70.9 cm³/mol. The van der Waals surface area contributed by atoms with Crippen molar-refractivity contribution in [3.05, 3.63) is 29.3 Å². The Morgan fingerprint density at radius 1 is 1.39 bits per heavy atom. The Morgan fingerprint density at radius 3 is 2.83 bits per heavy atom. The van der Waals surface area contributed by atoms with E-state index >= 15 is 0 Å². The van der Waals surface area contributed by atoms with E-state index in [-0.39, 0.29) is 12.0 Å². The molecule has 2 rings (SSSR count). The van der Waals surface area contributed by atoms with Gasteiger partial charge in [0.05, 0.1) is 12.7 Å². The summed E-state index contributed by atoms with van der Waals surface area (Å²) in [6.45, 7) is 7.46. The Kier molecular flexibility index (Phi) is 4.25. The molecule has 0 amide bonds. The molecule has 1 aliphatic heterocycles. The van der Waals surface area contributed by atoms with E-state index < -0.39 is 6.10 Å². The number of fused-ring (bicyclic) bond motifs is 1. The maximum Gasteiger partial charge on any atom is 0.122 e. The largest absolute Gasteiger partial charge is 0.493 e. The summed E-state index contributed by atoms with van der Waals surface area (Å²) in [6, 6.07) is 5.93. The highest BCUT2D eigenvalue weighted by molar-refractivity contribution is 5.40. The summed E-state index contributed by atoms with van der Waals surface area (Å²) in [5.41, 5.74) is 2.11. The predicted octanol–water partition coefficient (Wildman–Crippen LogP) is 2.72. The average molecular weight is 250 g/mol. The van der Waals surface area contributed by atoms with Gasteiger partial charge in [-0.1, -0.05) is 19.9 Å². The van der Waals surface area contributed by atoms with Crippen molar-refractivity contribution in [2.45, 2.75) is 39.4 Å². The molecule has 0 bridgehead atoms. The number of ether oxygens (including phenoxy) is 2. The van der Waals surface area contributed by atoms with Crippen LogP contribution in [0.25, 0.3) is 0 Å². The molecule has 2 atom stereocenters. The molecule has 1 N–H and O–H groups in total. The molecule has 1 aliphatic rings. The SMILES string of the molecule is CCOC(C(C)C)C(O)c1ccc2c(c1)CCO2. The molecule has 1 aromatic rings. The molecule has 0 aliphatic carbocycles. The molecule has 0 aromatic heterocycles. The van der Waals surface area contributed by atoms with Crippen molar-refractivity contribution in [1.82, 2.24) is 0 Å². The van der Waals surface area contributed by atoms with Gasteiger partial charge in [-0.15, -0.1) is 0 Å². The molecular formula is C15H22O3. The summed E-state index contributed by atoms with van der Waals surface area (Å²) in [4.78, 5) is 0. The van der Waals surface area contributed by atoms with Crippen LogP contribution in [0.15, 0.2) is 18.2 Å². The molecule has 2 unspecified atom stereocenters. The van der Waals surface area contributed by atoms with Gasteiger partial charge in [-0.2, -0.15) is 0 Å². The Morgan fingerprint density at radius 2 is 2.17 bits per heavy atom. The third-order valence-electron chi connectivity index (χ3n) is 3.38. The van der Waals surface area contributed by atoms with Gasteiger partial charge in [0.2, 0.25) is 0 Å². The van der Waals surface area contributed by atoms with Crippen molar-refractivity contribution in [1.29, 1.82) is 0 Å². The van der Waals surface area contributed by atoms with Crippen molar-refractivity contribution in [3.63, 3.8) is 0 Å². The van der Waals surface area contributed by atoms with E-state index in [1.807, 2.05) is 25.1 Å². The average Bonchev–Trinajstić information content (AvgIpc) is 2.81. The molecular weight excluding hydrogens is 228 g/mol. The van der Waals surface area contributed by atoms with Crippen molar-refractivity contribution in [3.8, 4) is 5.75 Å². The number of hydrogen-bond donors (Lipinski definition) is 1. The van der Waals surface area contributed by atoms with Crippen LogP contribution in [0.5, 0.6) is 5.75 Å². The zero-order chi connectivity index (χ0) is 13.1. The van der Waals surface area contributed by atoms with Crippen LogP contribution in [0.4, 0.5) is 0 Å². The molecule has 3 heteroatoms. The Labute approximate surface area is 109 Å². The van der Waals surface area contributed by atoms with E-state index in [0.29, 0.717) is 6.61 Å². The molecule has 0 radical (unpaired) electrons. The number of aliphatic hydroxyl groups excluding tert-OH is 1. The van der Waals surface area contributed by atoms with Crippen LogP contribution >= 0.6 is 0 Å². The summed E-state index contributed by atoms with van der Waals surface area (Å²) in [7, 11) is 0. The minimum absolute atomic E-state index is 0.157. The molecule has 0 spiro atoms. The topological polar surface area (TPSA) is 38.7 Å². The van der Waals surface area contributed by atoms with Crippen LogP contribution in [0.2, 0.25) is 0 Å². The van der Waals surface area contributed by atoms with Crippen LogP contribution in [-0.2, 0) is 11.2 Å². The molecule has 1 heterocycles. The molecule has 0 saturated heterocycles. The molecule has 1 aromatic carbocycles. The first-order valence-corrected chi connectivity index (χ1v) is 6.68. The second-order valence-electron chi connectivity index (χ2n) is 5.07. The minimum atomic E-state index is -0.573.